The monoisotopic (exact) mass is 433 g/mol. The summed E-state index contributed by atoms with van der Waals surface area (Å²) in [7, 11) is -7.24. The molecule has 27 heavy (non-hydrogen) atoms. The Morgan fingerprint density at radius 2 is 1.67 bits per heavy atom. The van der Waals surface area contributed by atoms with Gasteiger partial charge in [-0.3, -0.25) is 0 Å². The third-order valence-electron chi connectivity index (χ3n) is 4.24. The molecule has 1 aliphatic rings. The van der Waals surface area contributed by atoms with Crippen LogP contribution in [0.3, 0.4) is 0 Å². The van der Waals surface area contributed by atoms with Crippen molar-refractivity contribution in [2.75, 3.05) is 43.4 Å². The molecule has 0 unspecified atom stereocenters. The van der Waals surface area contributed by atoms with Crippen LogP contribution < -0.4 is 9.62 Å². The summed E-state index contributed by atoms with van der Waals surface area (Å²) in [5, 5.41) is 1.64. The van der Waals surface area contributed by atoms with Gasteiger partial charge in [0.25, 0.3) is 0 Å². The van der Waals surface area contributed by atoms with E-state index in [1.165, 1.54) is 22.5 Å². The number of sulfonamides is 2. The maximum atomic E-state index is 13.0. The van der Waals surface area contributed by atoms with Crippen LogP contribution in [0, 0.1) is 5.82 Å². The molecule has 2 heterocycles. The Bertz CT molecular complexity index is 953. The highest BCUT2D eigenvalue weighted by molar-refractivity contribution is 7.91. The van der Waals surface area contributed by atoms with Gasteiger partial charge in [-0.05, 0) is 35.7 Å². The number of benzene rings is 1. The smallest absolute Gasteiger partial charge is 0.250 e. The molecule has 1 aromatic carbocycles. The number of piperazine rings is 1. The lowest BCUT2D eigenvalue weighted by Crippen LogP contribution is -2.50. The van der Waals surface area contributed by atoms with E-state index in [2.05, 4.69) is 4.72 Å². The SMILES string of the molecule is O=S(=O)(NCCS(=O)(=O)N1CCN(c2ccc(F)cc2)CC1)c1cccs1. The number of anilines is 1. The lowest BCUT2D eigenvalue weighted by molar-refractivity contribution is 0.385. The Kier molecular flexibility index (Phi) is 6.16. The van der Waals surface area contributed by atoms with Gasteiger partial charge in [-0.1, -0.05) is 6.07 Å². The van der Waals surface area contributed by atoms with Gasteiger partial charge in [0.05, 0.1) is 5.75 Å². The molecular formula is C16H20FN3O4S3. The second kappa shape index (κ2) is 8.23. The van der Waals surface area contributed by atoms with E-state index in [-0.39, 0.29) is 22.3 Å². The predicted molar refractivity (Wildman–Crippen MR) is 103 cm³/mol. The predicted octanol–water partition coefficient (Wildman–Crippen LogP) is 1.32. The first-order valence-electron chi connectivity index (χ1n) is 8.29. The normalized spacial score (nSPS) is 16.6. The van der Waals surface area contributed by atoms with Crippen LogP contribution in [-0.4, -0.2) is 59.6 Å². The highest BCUT2D eigenvalue weighted by Gasteiger charge is 2.27. The summed E-state index contributed by atoms with van der Waals surface area (Å²) in [6.45, 7) is 1.41. The van der Waals surface area contributed by atoms with Gasteiger partial charge >= 0.3 is 0 Å². The molecule has 0 radical (unpaired) electrons. The number of nitrogens with zero attached hydrogens (tertiary/aromatic N) is 2. The van der Waals surface area contributed by atoms with Gasteiger partial charge < -0.3 is 4.90 Å². The van der Waals surface area contributed by atoms with Gasteiger partial charge in [-0.2, -0.15) is 4.31 Å². The zero-order chi connectivity index (χ0) is 19.5. The van der Waals surface area contributed by atoms with Crippen molar-refractivity contribution in [2.24, 2.45) is 0 Å². The van der Waals surface area contributed by atoms with Crippen LogP contribution in [0.5, 0.6) is 0 Å². The molecule has 0 saturated carbocycles. The largest absolute Gasteiger partial charge is 0.369 e. The Balaban J connectivity index is 1.52. The quantitative estimate of drug-likeness (QED) is 0.712. The minimum Gasteiger partial charge on any atom is -0.369 e. The molecule has 0 atom stereocenters. The molecule has 0 bridgehead atoms. The van der Waals surface area contributed by atoms with Crippen LogP contribution >= 0.6 is 11.3 Å². The van der Waals surface area contributed by atoms with Gasteiger partial charge in [0.1, 0.15) is 10.0 Å². The van der Waals surface area contributed by atoms with Crippen molar-refractivity contribution in [1.29, 1.82) is 0 Å². The van der Waals surface area contributed by atoms with Crippen molar-refractivity contribution in [2.45, 2.75) is 4.21 Å². The Morgan fingerprint density at radius 1 is 1.00 bits per heavy atom. The molecule has 2 aromatic rings. The highest BCUT2D eigenvalue weighted by atomic mass is 32.2. The number of halogens is 1. The molecular weight excluding hydrogens is 413 g/mol. The molecule has 148 valence electrons. The molecule has 1 N–H and O–H groups in total. The molecule has 0 aliphatic carbocycles. The molecule has 0 spiro atoms. The topological polar surface area (TPSA) is 86.8 Å². The van der Waals surface area contributed by atoms with Gasteiger partial charge in [-0.25, -0.2) is 25.9 Å². The molecule has 1 aliphatic heterocycles. The molecule has 1 fully saturated rings. The first-order valence-corrected chi connectivity index (χ1v) is 12.3. The highest BCUT2D eigenvalue weighted by Crippen LogP contribution is 2.18. The van der Waals surface area contributed by atoms with E-state index in [4.69, 9.17) is 0 Å². The number of rotatable bonds is 7. The summed E-state index contributed by atoms with van der Waals surface area (Å²) in [5.41, 5.74) is 0.845. The van der Waals surface area contributed by atoms with Gasteiger partial charge in [0.2, 0.25) is 20.0 Å². The Hall–Kier alpha value is -1.53. The molecule has 0 amide bonds. The number of hydrogen-bond acceptors (Lipinski definition) is 6. The minimum absolute atomic E-state index is 0.160. The van der Waals surface area contributed by atoms with Crippen LogP contribution in [0.1, 0.15) is 0 Å². The van der Waals surface area contributed by atoms with E-state index in [1.54, 1.807) is 23.6 Å². The second-order valence-electron chi connectivity index (χ2n) is 6.01. The fraction of sp³-hybridized carbons (Fsp3) is 0.375. The first-order chi connectivity index (χ1) is 12.8. The first kappa shape index (κ1) is 20.2. The van der Waals surface area contributed by atoms with Crippen molar-refractivity contribution in [1.82, 2.24) is 9.03 Å². The van der Waals surface area contributed by atoms with Gasteiger partial charge in [0.15, 0.2) is 0 Å². The van der Waals surface area contributed by atoms with E-state index in [9.17, 15) is 21.2 Å². The minimum atomic E-state index is -3.67. The lowest BCUT2D eigenvalue weighted by atomic mass is 10.2. The van der Waals surface area contributed by atoms with E-state index >= 15 is 0 Å². The molecule has 7 nitrogen and oxygen atoms in total. The van der Waals surface area contributed by atoms with E-state index in [0.29, 0.717) is 26.2 Å². The summed E-state index contributed by atoms with van der Waals surface area (Å²) < 4.78 is 65.9. The van der Waals surface area contributed by atoms with Crippen LogP contribution in [-0.2, 0) is 20.0 Å². The summed E-state index contributed by atoms with van der Waals surface area (Å²) >= 11 is 1.08. The average molecular weight is 434 g/mol. The van der Waals surface area contributed by atoms with E-state index in [0.717, 1.165) is 17.0 Å². The zero-order valence-corrected chi connectivity index (χ0v) is 16.9. The number of nitrogens with one attached hydrogen (secondary N) is 1. The molecule has 11 heteroatoms. The number of hydrogen-bond donors (Lipinski definition) is 1. The van der Waals surface area contributed by atoms with Crippen molar-refractivity contribution in [3.8, 4) is 0 Å². The van der Waals surface area contributed by atoms with Crippen LogP contribution in [0.2, 0.25) is 0 Å². The van der Waals surface area contributed by atoms with E-state index < -0.39 is 20.0 Å². The maximum Gasteiger partial charge on any atom is 0.250 e. The summed E-state index contributed by atoms with van der Waals surface area (Å²) in [5.74, 6) is -0.612. The van der Waals surface area contributed by atoms with Crippen molar-refractivity contribution in [3.63, 3.8) is 0 Å². The van der Waals surface area contributed by atoms with Gasteiger partial charge in [-0.15, -0.1) is 11.3 Å². The fourth-order valence-electron chi connectivity index (χ4n) is 2.80. The van der Waals surface area contributed by atoms with Crippen LogP contribution in [0.15, 0.2) is 46.0 Å². The molecule has 1 saturated heterocycles. The van der Waals surface area contributed by atoms with Crippen LogP contribution in [0.25, 0.3) is 0 Å². The second-order valence-corrected chi connectivity index (χ2v) is 11.0. The molecule has 1 aromatic heterocycles. The Morgan fingerprint density at radius 3 is 2.26 bits per heavy atom. The van der Waals surface area contributed by atoms with Crippen molar-refractivity contribution >= 4 is 37.1 Å². The summed E-state index contributed by atoms with van der Waals surface area (Å²) in [4.78, 5) is 1.99. The van der Waals surface area contributed by atoms with Crippen molar-refractivity contribution < 1.29 is 21.2 Å². The lowest BCUT2D eigenvalue weighted by Gasteiger charge is -2.35. The number of thiophene rings is 1. The zero-order valence-electron chi connectivity index (χ0n) is 14.4. The summed E-state index contributed by atoms with van der Waals surface area (Å²) in [6, 6.07) is 9.17. The third-order valence-corrected chi connectivity index (χ3v) is 8.97. The molecule has 3 rings (SSSR count). The average Bonchev–Trinajstić information content (AvgIpc) is 3.18. The van der Waals surface area contributed by atoms with Gasteiger partial charge in [0, 0.05) is 38.4 Å². The standard InChI is InChI=1S/C16H20FN3O4S3/c17-14-3-5-15(6-4-14)19-8-10-20(11-9-19)26(21,22)13-7-18-27(23,24)16-2-1-12-25-16/h1-6,12,18H,7-11,13H2. The third kappa shape index (κ3) is 5.05. The fourth-order valence-corrected chi connectivity index (χ4v) is 6.33. The van der Waals surface area contributed by atoms with E-state index in [1.807, 2.05) is 4.90 Å². The van der Waals surface area contributed by atoms with Crippen molar-refractivity contribution in [3.05, 3.63) is 47.6 Å². The Labute approximate surface area is 162 Å². The maximum absolute atomic E-state index is 13.0. The summed E-state index contributed by atoms with van der Waals surface area (Å²) in [6.07, 6.45) is 0. The van der Waals surface area contributed by atoms with Crippen LogP contribution in [0.4, 0.5) is 10.1 Å².